The number of carbonyl (C=O) groups excluding carboxylic acids is 1. The van der Waals surface area contributed by atoms with Crippen molar-refractivity contribution in [3.8, 4) is 11.8 Å². The number of methoxy groups -OCH3 is 1. The Balaban J connectivity index is 1.85. The lowest BCUT2D eigenvalue weighted by Crippen LogP contribution is -2.44. The van der Waals surface area contributed by atoms with Crippen LogP contribution in [0.2, 0.25) is 10.0 Å². The molecule has 3 aromatic carbocycles. The predicted octanol–water partition coefficient (Wildman–Crippen LogP) is 7.76. The first-order valence-corrected chi connectivity index (χ1v) is 14.2. The Morgan fingerprint density at radius 3 is 2.49 bits per heavy atom. The summed E-state index contributed by atoms with van der Waals surface area (Å²) in [5, 5.41) is 23.0. The van der Waals surface area contributed by atoms with Crippen LogP contribution in [-0.2, 0) is 12.0 Å². The number of benzene rings is 3. The third kappa shape index (κ3) is 6.27. The van der Waals surface area contributed by atoms with Gasteiger partial charge >= 0.3 is 12.0 Å². The molecule has 2 N–H and O–H groups in total. The zero-order valence-corrected chi connectivity index (χ0v) is 25.6. The summed E-state index contributed by atoms with van der Waals surface area (Å²) in [5.74, 6) is -3.22. The van der Waals surface area contributed by atoms with Crippen LogP contribution in [-0.4, -0.2) is 35.7 Å². The van der Waals surface area contributed by atoms with Gasteiger partial charge in [0.1, 0.15) is 28.4 Å². The third-order valence-electron chi connectivity index (χ3n) is 7.70. The van der Waals surface area contributed by atoms with Crippen molar-refractivity contribution in [1.29, 1.82) is 5.26 Å². The monoisotopic (exact) mass is 629 g/mol. The quantitative estimate of drug-likeness (QED) is 0.278. The van der Waals surface area contributed by atoms with Crippen molar-refractivity contribution in [2.75, 3.05) is 13.7 Å². The molecule has 2 amide bonds. The average molecular weight is 631 g/mol. The van der Waals surface area contributed by atoms with Crippen LogP contribution in [0.3, 0.4) is 0 Å². The van der Waals surface area contributed by atoms with Gasteiger partial charge in [-0.05, 0) is 47.7 Å². The van der Waals surface area contributed by atoms with Gasteiger partial charge in [-0.1, -0.05) is 68.2 Å². The molecule has 1 saturated heterocycles. The van der Waals surface area contributed by atoms with Gasteiger partial charge in [0.05, 0.1) is 24.2 Å². The molecule has 1 aliphatic rings. The van der Waals surface area contributed by atoms with Crippen molar-refractivity contribution in [1.82, 2.24) is 10.2 Å². The molecule has 0 aromatic heterocycles. The number of aromatic carboxylic acids is 1. The highest BCUT2D eigenvalue weighted by Crippen LogP contribution is 2.56. The zero-order chi connectivity index (χ0) is 31.7. The summed E-state index contributed by atoms with van der Waals surface area (Å²) in [6, 6.07) is 13.1. The Labute approximate surface area is 259 Å². The minimum Gasteiger partial charge on any atom is -0.496 e. The van der Waals surface area contributed by atoms with Gasteiger partial charge in [-0.25, -0.2) is 18.4 Å². The number of nitriles is 1. The molecular formula is C32H31Cl2F2N3O4. The second kappa shape index (κ2) is 12.4. The van der Waals surface area contributed by atoms with Gasteiger partial charge in [0.2, 0.25) is 0 Å². The number of nitrogens with zero attached hydrogens (tertiary/aromatic N) is 2. The summed E-state index contributed by atoms with van der Waals surface area (Å²) in [7, 11) is 1.34. The fraction of sp³-hybridized carbons (Fsp3) is 0.344. The molecule has 4 rings (SSSR count). The Hall–Kier alpha value is -3.87. The Bertz CT molecular complexity index is 1600. The van der Waals surface area contributed by atoms with Crippen molar-refractivity contribution in [2.45, 2.75) is 45.2 Å². The van der Waals surface area contributed by atoms with E-state index in [1.165, 1.54) is 60.5 Å². The van der Waals surface area contributed by atoms with E-state index in [1.807, 2.05) is 20.8 Å². The van der Waals surface area contributed by atoms with E-state index in [1.54, 1.807) is 0 Å². The molecule has 0 spiro atoms. The summed E-state index contributed by atoms with van der Waals surface area (Å²) in [4.78, 5) is 26.8. The number of rotatable bonds is 7. The molecule has 1 aliphatic heterocycles. The van der Waals surface area contributed by atoms with E-state index in [0.29, 0.717) is 12.0 Å². The predicted molar refractivity (Wildman–Crippen MR) is 159 cm³/mol. The summed E-state index contributed by atoms with van der Waals surface area (Å²) in [6.45, 7) is 5.89. The standard InChI is InChI=1S/C32H31Cl2F2N3O4/c1-31(2,3)14-19-16-39(30(42)38-15-18-8-10-21(29(40)41)26(12-18)43-4)28(22-6-5-7-24(34)27(22)36)32(19,17-37)23-11-9-20(33)13-25(23)35/h5-13,19,28H,14-16H2,1-4H3,(H,38,42)(H,40,41). The number of carbonyl (C=O) groups is 2. The number of halogens is 4. The van der Waals surface area contributed by atoms with Crippen LogP contribution in [0.15, 0.2) is 54.6 Å². The number of likely N-dealkylation sites (tertiary alicyclic amines) is 1. The van der Waals surface area contributed by atoms with Crippen molar-refractivity contribution in [3.05, 3.63) is 98.5 Å². The topological polar surface area (TPSA) is 103 Å². The van der Waals surface area contributed by atoms with Crippen molar-refractivity contribution < 1.29 is 28.2 Å². The largest absolute Gasteiger partial charge is 0.496 e. The van der Waals surface area contributed by atoms with Crippen molar-refractivity contribution in [3.63, 3.8) is 0 Å². The summed E-state index contributed by atoms with van der Waals surface area (Å²) in [6.07, 6.45) is 0.402. The molecule has 1 fully saturated rings. The number of urea groups is 1. The molecular weight excluding hydrogens is 599 g/mol. The first-order valence-electron chi connectivity index (χ1n) is 13.5. The number of carboxylic acids is 1. The molecule has 3 atom stereocenters. The first kappa shape index (κ1) is 32.1. The molecule has 3 unspecified atom stereocenters. The maximum atomic E-state index is 15.8. The highest BCUT2D eigenvalue weighted by Gasteiger charge is 2.60. The summed E-state index contributed by atoms with van der Waals surface area (Å²) in [5.41, 5.74) is -1.58. The van der Waals surface area contributed by atoms with Gasteiger partial charge in [0.15, 0.2) is 0 Å². The lowest BCUT2D eigenvalue weighted by molar-refractivity contribution is 0.0693. The lowest BCUT2D eigenvalue weighted by Gasteiger charge is -2.38. The minimum absolute atomic E-state index is 0.00215. The van der Waals surface area contributed by atoms with E-state index in [0.717, 1.165) is 6.07 Å². The third-order valence-corrected chi connectivity index (χ3v) is 8.23. The van der Waals surface area contributed by atoms with E-state index in [9.17, 15) is 20.0 Å². The molecule has 226 valence electrons. The SMILES string of the molecule is COc1cc(CNC(=O)N2CC(CC(C)(C)C)C(C#N)(c3ccc(Cl)cc3F)C2c2cccc(Cl)c2F)ccc1C(=O)O. The molecule has 1 heterocycles. The Kier molecular flexibility index (Phi) is 9.24. The Morgan fingerprint density at radius 1 is 1.16 bits per heavy atom. The van der Waals surface area contributed by atoms with Crippen LogP contribution in [0.1, 0.15) is 60.3 Å². The Morgan fingerprint density at radius 2 is 1.88 bits per heavy atom. The number of hydrogen-bond donors (Lipinski definition) is 2. The molecule has 0 radical (unpaired) electrons. The fourth-order valence-electron chi connectivity index (χ4n) is 5.97. The second-order valence-corrected chi connectivity index (χ2v) is 12.6. The maximum Gasteiger partial charge on any atom is 0.339 e. The average Bonchev–Trinajstić information content (AvgIpc) is 3.25. The first-order chi connectivity index (χ1) is 20.2. The zero-order valence-electron chi connectivity index (χ0n) is 24.1. The minimum atomic E-state index is -1.71. The van der Waals surface area contributed by atoms with Gasteiger partial charge in [0, 0.05) is 35.2 Å². The van der Waals surface area contributed by atoms with E-state index in [4.69, 9.17) is 27.9 Å². The molecule has 43 heavy (non-hydrogen) atoms. The molecule has 11 heteroatoms. The number of hydrogen-bond acceptors (Lipinski definition) is 4. The molecule has 0 bridgehead atoms. The highest BCUT2D eigenvalue weighted by molar-refractivity contribution is 6.31. The van der Waals surface area contributed by atoms with E-state index < -0.39 is 41.0 Å². The second-order valence-electron chi connectivity index (χ2n) is 11.8. The van der Waals surface area contributed by atoms with Crippen LogP contribution < -0.4 is 10.1 Å². The van der Waals surface area contributed by atoms with Crippen molar-refractivity contribution in [2.24, 2.45) is 11.3 Å². The van der Waals surface area contributed by atoms with E-state index in [-0.39, 0.29) is 51.0 Å². The normalized spacial score (nSPS) is 20.0. The molecule has 3 aromatic rings. The van der Waals surface area contributed by atoms with E-state index >= 15 is 8.78 Å². The van der Waals surface area contributed by atoms with Gasteiger partial charge in [-0.3, -0.25) is 0 Å². The van der Waals surface area contributed by atoms with Gasteiger partial charge in [0.25, 0.3) is 0 Å². The van der Waals surface area contributed by atoms with Crippen LogP contribution >= 0.6 is 23.2 Å². The highest BCUT2D eigenvalue weighted by atomic mass is 35.5. The maximum absolute atomic E-state index is 15.8. The number of carboxylic acid groups (broad SMARTS) is 1. The van der Waals surface area contributed by atoms with Crippen LogP contribution in [0.25, 0.3) is 0 Å². The summed E-state index contributed by atoms with van der Waals surface area (Å²) < 4.78 is 36.7. The van der Waals surface area contributed by atoms with Crippen LogP contribution in [0, 0.1) is 34.3 Å². The lowest BCUT2D eigenvalue weighted by atomic mass is 9.63. The van der Waals surface area contributed by atoms with Gasteiger partial charge in [-0.15, -0.1) is 0 Å². The fourth-order valence-corrected chi connectivity index (χ4v) is 6.31. The van der Waals surface area contributed by atoms with Crippen LogP contribution in [0.4, 0.5) is 13.6 Å². The summed E-state index contributed by atoms with van der Waals surface area (Å²) >= 11 is 12.2. The molecule has 7 nitrogen and oxygen atoms in total. The van der Waals surface area contributed by atoms with Crippen molar-refractivity contribution >= 4 is 35.2 Å². The van der Waals surface area contributed by atoms with Gasteiger partial charge < -0.3 is 20.1 Å². The van der Waals surface area contributed by atoms with Crippen LogP contribution in [0.5, 0.6) is 5.75 Å². The molecule has 0 saturated carbocycles. The smallest absolute Gasteiger partial charge is 0.339 e. The molecule has 0 aliphatic carbocycles. The van der Waals surface area contributed by atoms with Gasteiger partial charge in [-0.2, -0.15) is 5.26 Å². The number of nitrogens with one attached hydrogen (secondary N) is 1. The number of ether oxygens (including phenoxy) is 1. The number of amides is 2. The van der Waals surface area contributed by atoms with E-state index in [2.05, 4.69) is 11.4 Å².